The van der Waals surface area contributed by atoms with Crippen molar-refractivity contribution in [2.75, 3.05) is 0 Å². The highest BCUT2D eigenvalue weighted by atomic mass is 32.1. The number of hydrogen-bond donors (Lipinski definition) is 0. The van der Waals surface area contributed by atoms with Gasteiger partial charge in [-0.2, -0.15) is 0 Å². The van der Waals surface area contributed by atoms with E-state index in [1.54, 1.807) is 4.88 Å². The van der Waals surface area contributed by atoms with E-state index < -0.39 is 0 Å². The number of hydrogen-bond acceptors (Lipinski definition) is 1. The number of rotatable bonds is 1. The minimum absolute atomic E-state index is 1.17. The lowest BCUT2D eigenvalue weighted by Crippen LogP contribution is -1.95. The predicted molar refractivity (Wildman–Crippen MR) is 55.7 cm³/mol. The molecule has 0 amide bonds. The largest absolute Gasteiger partial charge is 0.145 e. The summed E-state index contributed by atoms with van der Waals surface area (Å²) >= 11 is 1.98. The molecule has 64 valence electrons. The van der Waals surface area contributed by atoms with Gasteiger partial charge in [0.2, 0.25) is 0 Å². The molecule has 0 saturated heterocycles. The van der Waals surface area contributed by atoms with Crippen LogP contribution in [0.15, 0.2) is 12.6 Å². The molecular formula is C11H14S. The lowest BCUT2D eigenvalue weighted by atomic mass is 9.94. The summed E-state index contributed by atoms with van der Waals surface area (Å²) in [4.78, 5) is 3.09. The summed E-state index contributed by atoms with van der Waals surface area (Å²) in [6.45, 7) is 6.33. The Morgan fingerprint density at radius 1 is 1.50 bits per heavy atom. The van der Waals surface area contributed by atoms with Crippen LogP contribution in [0.3, 0.4) is 0 Å². The molecule has 1 aromatic heterocycles. The first-order valence-electron chi connectivity index (χ1n) is 4.61. The zero-order valence-corrected chi connectivity index (χ0v) is 8.34. The fraction of sp³-hybridized carbons (Fsp3) is 0.455. The summed E-state index contributed by atoms with van der Waals surface area (Å²) < 4.78 is 0. The zero-order chi connectivity index (χ0) is 8.55. The molecule has 1 aliphatic rings. The van der Waals surface area contributed by atoms with Crippen LogP contribution in [0.4, 0.5) is 0 Å². The molecule has 0 N–H and O–H groups in total. The Morgan fingerprint density at radius 3 is 3.00 bits per heavy atom. The van der Waals surface area contributed by atoms with Crippen molar-refractivity contribution in [2.45, 2.75) is 32.6 Å². The van der Waals surface area contributed by atoms with Crippen molar-refractivity contribution in [3.8, 4) is 0 Å². The Morgan fingerprint density at radius 2 is 2.33 bits per heavy atom. The van der Waals surface area contributed by atoms with Crippen LogP contribution in [0.1, 0.15) is 35.1 Å². The molecule has 0 saturated carbocycles. The summed E-state index contributed by atoms with van der Waals surface area (Å²) in [7, 11) is 0. The van der Waals surface area contributed by atoms with E-state index in [1.807, 2.05) is 11.3 Å². The molecule has 0 fully saturated rings. The van der Waals surface area contributed by atoms with Crippen LogP contribution in [0.2, 0.25) is 0 Å². The Hall–Kier alpha value is -0.560. The predicted octanol–water partition coefficient (Wildman–Crippen LogP) is 3.66. The van der Waals surface area contributed by atoms with E-state index in [9.17, 15) is 0 Å². The second kappa shape index (κ2) is 3.06. The van der Waals surface area contributed by atoms with E-state index in [0.717, 1.165) is 0 Å². The fourth-order valence-corrected chi connectivity index (χ4v) is 2.94. The van der Waals surface area contributed by atoms with E-state index in [2.05, 4.69) is 19.6 Å². The summed E-state index contributed by atoms with van der Waals surface area (Å²) in [5.74, 6) is 0. The smallest absolute Gasteiger partial charge is 0.0123 e. The first-order chi connectivity index (χ1) is 5.81. The Balaban J connectivity index is 2.43. The Labute approximate surface area is 77.9 Å². The average molecular weight is 178 g/mol. The van der Waals surface area contributed by atoms with Crippen LogP contribution in [-0.4, -0.2) is 0 Å². The number of aryl methyl sites for hydroxylation is 2. The van der Waals surface area contributed by atoms with Crippen LogP contribution in [0.5, 0.6) is 0 Å². The molecule has 0 nitrogen and oxygen atoms in total. The minimum atomic E-state index is 1.17. The van der Waals surface area contributed by atoms with Gasteiger partial charge in [-0.1, -0.05) is 13.5 Å². The van der Waals surface area contributed by atoms with Crippen LogP contribution in [0.25, 0.3) is 5.57 Å². The molecule has 2 rings (SSSR count). The third-order valence-corrected chi connectivity index (χ3v) is 3.81. The van der Waals surface area contributed by atoms with Gasteiger partial charge < -0.3 is 0 Å². The molecule has 1 aromatic rings. The maximum atomic E-state index is 4.11. The lowest BCUT2D eigenvalue weighted by molar-refractivity contribution is 0.839. The van der Waals surface area contributed by atoms with Crippen LogP contribution in [-0.2, 0) is 12.8 Å². The number of allylic oxidation sites excluding steroid dienone is 1. The highest BCUT2D eigenvalue weighted by molar-refractivity contribution is 7.12. The second-order valence-corrected chi connectivity index (χ2v) is 4.58. The molecule has 0 aliphatic heterocycles. The first kappa shape index (κ1) is 8.06. The Bertz CT molecular complexity index is 307. The van der Waals surface area contributed by atoms with Crippen molar-refractivity contribution in [3.63, 3.8) is 0 Å². The van der Waals surface area contributed by atoms with E-state index >= 15 is 0 Å². The normalized spacial score (nSPS) is 16.2. The van der Waals surface area contributed by atoms with Crippen molar-refractivity contribution in [1.82, 2.24) is 0 Å². The van der Waals surface area contributed by atoms with E-state index in [1.165, 1.54) is 41.7 Å². The topological polar surface area (TPSA) is 0 Å². The second-order valence-electron chi connectivity index (χ2n) is 3.36. The zero-order valence-electron chi connectivity index (χ0n) is 7.52. The average Bonchev–Trinajstić information content (AvgIpc) is 2.49. The highest BCUT2D eigenvalue weighted by Gasteiger charge is 2.15. The van der Waals surface area contributed by atoms with Crippen molar-refractivity contribution in [3.05, 3.63) is 28.0 Å². The molecule has 12 heavy (non-hydrogen) atoms. The molecule has 1 heterocycles. The molecule has 0 atom stereocenters. The van der Waals surface area contributed by atoms with Crippen LogP contribution >= 0.6 is 11.3 Å². The first-order valence-corrected chi connectivity index (χ1v) is 5.42. The van der Waals surface area contributed by atoms with E-state index in [4.69, 9.17) is 0 Å². The third-order valence-electron chi connectivity index (χ3n) is 2.47. The van der Waals surface area contributed by atoms with Gasteiger partial charge in [0, 0.05) is 9.75 Å². The standard InChI is InChI=1S/C11H14S/c1-3-9-7-10-8(2)5-4-6-11(10)12-9/h7H,2-6H2,1H3. The lowest BCUT2D eigenvalue weighted by Gasteiger charge is -2.12. The number of fused-ring (bicyclic) bond motifs is 1. The molecular weight excluding hydrogens is 164 g/mol. The van der Waals surface area contributed by atoms with Crippen molar-refractivity contribution >= 4 is 16.9 Å². The van der Waals surface area contributed by atoms with Crippen molar-refractivity contribution in [2.24, 2.45) is 0 Å². The van der Waals surface area contributed by atoms with Gasteiger partial charge >= 0.3 is 0 Å². The van der Waals surface area contributed by atoms with Gasteiger partial charge in [0.05, 0.1) is 0 Å². The molecule has 0 bridgehead atoms. The van der Waals surface area contributed by atoms with E-state index in [-0.39, 0.29) is 0 Å². The highest BCUT2D eigenvalue weighted by Crippen LogP contribution is 2.35. The maximum absolute atomic E-state index is 4.11. The van der Waals surface area contributed by atoms with Crippen LogP contribution < -0.4 is 0 Å². The van der Waals surface area contributed by atoms with Gasteiger partial charge in [0.1, 0.15) is 0 Å². The molecule has 0 radical (unpaired) electrons. The van der Waals surface area contributed by atoms with E-state index in [0.29, 0.717) is 0 Å². The van der Waals surface area contributed by atoms with Gasteiger partial charge in [-0.05, 0) is 42.9 Å². The summed E-state index contributed by atoms with van der Waals surface area (Å²) in [5.41, 5.74) is 2.82. The van der Waals surface area contributed by atoms with Gasteiger partial charge in [0.25, 0.3) is 0 Å². The summed E-state index contributed by atoms with van der Waals surface area (Å²) in [6, 6.07) is 2.33. The summed E-state index contributed by atoms with van der Waals surface area (Å²) in [5, 5.41) is 0. The Kier molecular flexibility index (Phi) is 2.05. The molecule has 0 unspecified atom stereocenters. The maximum Gasteiger partial charge on any atom is 0.0123 e. The third kappa shape index (κ3) is 1.22. The molecule has 1 aliphatic carbocycles. The van der Waals surface area contributed by atoms with Crippen molar-refractivity contribution in [1.29, 1.82) is 0 Å². The fourth-order valence-electron chi connectivity index (χ4n) is 1.74. The van der Waals surface area contributed by atoms with Crippen molar-refractivity contribution < 1.29 is 0 Å². The summed E-state index contributed by atoms with van der Waals surface area (Å²) in [6.07, 6.45) is 4.95. The minimum Gasteiger partial charge on any atom is -0.145 e. The van der Waals surface area contributed by atoms with Crippen LogP contribution in [0, 0.1) is 0 Å². The van der Waals surface area contributed by atoms with Gasteiger partial charge in [-0.15, -0.1) is 11.3 Å². The molecule has 0 spiro atoms. The molecule has 0 aromatic carbocycles. The van der Waals surface area contributed by atoms with Gasteiger partial charge in [0.15, 0.2) is 0 Å². The SMILES string of the molecule is C=C1CCCc2sc(CC)cc21. The van der Waals surface area contributed by atoms with Gasteiger partial charge in [-0.3, -0.25) is 0 Å². The monoisotopic (exact) mass is 178 g/mol. The number of thiophene rings is 1. The quantitative estimate of drug-likeness (QED) is 0.615. The van der Waals surface area contributed by atoms with Gasteiger partial charge in [-0.25, -0.2) is 0 Å². The molecule has 1 heteroatoms.